The number of piperidine rings is 1. The number of aryl methyl sites for hydroxylation is 1. The van der Waals surface area contributed by atoms with Crippen molar-refractivity contribution >= 4 is 11.6 Å². The summed E-state index contributed by atoms with van der Waals surface area (Å²) < 4.78 is 0. The molecular weight excluding hydrogens is 212 g/mol. The van der Waals surface area contributed by atoms with Gasteiger partial charge in [0.25, 0.3) is 5.91 Å². The third-order valence-corrected chi connectivity index (χ3v) is 3.31. The van der Waals surface area contributed by atoms with Gasteiger partial charge in [-0.2, -0.15) is 0 Å². The van der Waals surface area contributed by atoms with Gasteiger partial charge in [0.15, 0.2) is 0 Å². The van der Waals surface area contributed by atoms with Crippen LogP contribution in [0.15, 0.2) is 18.2 Å². The van der Waals surface area contributed by atoms with Crippen molar-refractivity contribution in [2.75, 3.05) is 18.8 Å². The summed E-state index contributed by atoms with van der Waals surface area (Å²) in [6.45, 7) is 3.84. The first-order chi connectivity index (χ1) is 8.20. The molecule has 0 radical (unpaired) electrons. The summed E-state index contributed by atoms with van der Waals surface area (Å²) >= 11 is 0. The van der Waals surface area contributed by atoms with Gasteiger partial charge >= 0.3 is 0 Å². The standard InChI is InChI=1S/C14H20N2O/c1-2-11-8-12(10-13(15)9-11)14(17)16-6-4-3-5-7-16/h8-10H,2-7,15H2,1H3. The van der Waals surface area contributed by atoms with Crippen LogP contribution in [0.4, 0.5) is 5.69 Å². The number of hydrogen-bond acceptors (Lipinski definition) is 2. The Hall–Kier alpha value is -1.51. The van der Waals surface area contributed by atoms with Crippen LogP contribution in [0.5, 0.6) is 0 Å². The van der Waals surface area contributed by atoms with E-state index in [0.717, 1.165) is 43.5 Å². The van der Waals surface area contributed by atoms with Gasteiger partial charge in [0.2, 0.25) is 0 Å². The Labute approximate surface area is 103 Å². The molecule has 2 N–H and O–H groups in total. The van der Waals surface area contributed by atoms with Crippen molar-refractivity contribution in [3.8, 4) is 0 Å². The zero-order valence-corrected chi connectivity index (χ0v) is 10.4. The smallest absolute Gasteiger partial charge is 0.253 e. The zero-order valence-electron chi connectivity index (χ0n) is 10.4. The van der Waals surface area contributed by atoms with Gasteiger partial charge < -0.3 is 10.6 Å². The number of benzene rings is 1. The Morgan fingerprint density at radius 3 is 2.59 bits per heavy atom. The van der Waals surface area contributed by atoms with Crippen LogP contribution in [0, 0.1) is 0 Å². The van der Waals surface area contributed by atoms with Crippen LogP contribution >= 0.6 is 0 Å². The lowest BCUT2D eigenvalue weighted by molar-refractivity contribution is 0.0724. The largest absolute Gasteiger partial charge is 0.399 e. The molecule has 0 spiro atoms. The Bertz CT molecular complexity index is 409. The summed E-state index contributed by atoms with van der Waals surface area (Å²) in [6.07, 6.45) is 4.38. The number of carbonyl (C=O) groups is 1. The second-order valence-corrected chi connectivity index (χ2v) is 4.67. The van der Waals surface area contributed by atoms with Gasteiger partial charge in [0, 0.05) is 24.3 Å². The maximum absolute atomic E-state index is 12.3. The molecule has 2 rings (SSSR count). The highest BCUT2D eigenvalue weighted by Crippen LogP contribution is 2.17. The lowest BCUT2D eigenvalue weighted by Gasteiger charge is -2.27. The number of nitrogens with zero attached hydrogens (tertiary/aromatic N) is 1. The van der Waals surface area contributed by atoms with E-state index in [1.807, 2.05) is 17.0 Å². The molecule has 1 aromatic carbocycles. The second kappa shape index (κ2) is 5.21. The molecule has 1 heterocycles. The number of amides is 1. The van der Waals surface area contributed by atoms with Crippen LogP contribution < -0.4 is 5.73 Å². The van der Waals surface area contributed by atoms with Crippen molar-refractivity contribution in [2.24, 2.45) is 0 Å². The molecule has 0 aliphatic carbocycles. The van der Waals surface area contributed by atoms with Gasteiger partial charge in [0.1, 0.15) is 0 Å². The topological polar surface area (TPSA) is 46.3 Å². The fourth-order valence-corrected chi connectivity index (χ4v) is 2.33. The van der Waals surface area contributed by atoms with Crippen LogP contribution in [0.1, 0.15) is 42.1 Å². The molecule has 1 saturated heterocycles. The van der Waals surface area contributed by atoms with Gasteiger partial charge in [-0.05, 0) is 49.4 Å². The molecule has 17 heavy (non-hydrogen) atoms. The number of hydrogen-bond donors (Lipinski definition) is 1. The van der Waals surface area contributed by atoms with E-state index in [1.165, 1.54) is 6.42 Å². The third-order valence-electron chi connectivity index (χ3n) is 3.31. The van der Waals surface area contributed by atoms with E-state index in [0.29, 0.717) is 5.69 Å². The molecule has 3 heteroatoms. The summed E-state index contributed by atoms with van der Waals surface area (Å²) in [5.41, 5.74) is 8.39. The van der Waals surface area contributed by atoms with Crippen LogP contribution in [-0.2, 0) is 6.42 Å². The zero-order chi connectivity index (χ0) is 12.3. The average molecular weight is 232 g/mol. The van der Waals surface area contributed by atoms with Crippen LogP contribution in [0.2, 0.25) is 0 Å². The molecule has 92 valence electrons. The van der Waals surface area contributed by atoms with Crippen LogP contribution in [0.25, 0.3) is 0 Å². The van der Waals surface area contributed by atoms with Gasteiger partial charge in [-0.1, -0.05) is 6.92 Å². The lowest BCUT2D eigenvalue weighted by atomic mass is 10.0. The summed E-state index contributed by atoms with van der Waals surface area (Å²) in [5.74, 6) is 0.131. The van der Waals surface area contributed by atoms with Crippen LogP contribution in [-0.4, -0.2) is 23.9 Å². The monoisotopic (exact) mass is 232 g/mol. The van der Waals surface area contributed by atoms with Crippen molar-refractivity contribution in [2.45, 2.75) is 32.6 Å². The van der Waals surface area contributed by atoms with E-state index in [1.54, 1.807) is 6.07 Å². The van der Waals surface area contributed by atoms with E-state index in [-0.39, 0.29) is 5.91 Å². The van der Waals surface area contributed by atoms with Crippen molar-refractivity contribution in [3.63, 3.8) is 0 Å². The fourth-order valence-electron chi connectivity index (χ4n) is 2.33. The number of anilines is 1. The summed E-state index contributed by atoms with van der Waals surface area (Å²) in [7, 11) is 0. The highest BCUT2D eigenvalue weighted by atomic mass is 16.2. The highest BCUT2D eigenvalue weighted by molar-refractivity contribution is 5.95. The van der Waals surface area contributed by atoms with Crippen LogP contribution in [0.3, 0.4) is 0 Å². The maximum atomic E-state index is 12.3. The first-order valence-corrected chi connectivity index (χ1v) is 6.39. The predicted octanol–water partition coefficient (Wildman–Crippen LogP) is 2.46. The van der Waals surface area contributed by atoms with Crippen molar-refractivity contribution < 1.29 is 4.79 Å². The quantitative estimate of drug-likeness (QED) is 0.796. The molecule has 1 amide bonds. The molecule has 1 aliphatic heterocycles. The minimum Gasteiger partial charge on any atom is -0.399 e. The molecule has 0 saturated carbocycles. The first kappa shape index (κ1) is 12.0. The number of nitrogens with two attached hydrogens (primary N) is 1. The lowest BCUT2D eigenvalue weighted by Crippen LogP contribution is -2.35. The van der Waals surface area contributed by atoms with E-state index in [4.69, 9.17) is 5.73 Å². The number of rotatable bonds is 2. The van der Waals surface area contributed by atoms with E-state index in [2.05, 4.69) is 6.92 Å². The van der Waals surface area contributed by atoms with Crippen molar-refractivity contribution in [1.82, 2.24) is 4.90 Å². The minimum absolute atomic E-state index is 0.131. The Kier molecular flexibility index (Phi) is 3.67. The van der Waals surface area contributed by atoms with Gasteiger partial charge in [0.05, 0.1) is 0 Å². The molecule has 0 atom stereocenters. The van der Waals surface area contributed by atoms with E-state index < -0.39 is 0 Å². The van der Waals surface area contributed by atoms with E-state index in [9.17, 15) is 4.79 Å². The highest BCUT2D eigenvalue weighted by Gasteiger charge is 2.18. The number of likely N-dealkylation sites (tertiary alicyclic amines) is 1. The molecule has 1 fully saturated rings. The minimum atomic E-state index is 0.131. The Balaban J connectivity index is 2.20. The molecule has 0 aromatic heterocycles. The number of nitrogen functional groups attached to an aromatic ring is 1. The molecule has 0 unspecified atom stereocenters. The molecule has 0 bridgehead atoms. The number of carbonyl (C=O) groups excluding carboxylic acids is 1. The first-order valence-electron chi connectivity index (χ1n) is 6.39. The third kappa shape index (κ3) is 2.78. The average Bonchev–Trinajstić information content (AvgIpc) is 2.38. The summed E-state index contributed by atoms with van der Waals surface area (Å²) in [4.78, 5) is 14.2. The SMILES string of the molecule is CCc1cc(N)cc(C(=O)N2CCCCC2)c1. The van der Waals surface area contributed by atoms with Gasteiger partial charge in [-0.15, -0.1) is 0 Å². The molecule has 1 aromatic rings. The van der Waals surface area contributed by atoms with Crippen molar-refractivity contribution in [3.05, 3.63) is 29.3 Å². The summed E-state index contributed by atoms with van der Waals surface area (Å²) in [5, 5.41) is 0. The summed E-state index contributed by atoms with van der Waals surface area (Å²) in [6, 6.07) is 5.69. The molecule has 3 nitrogen and oxygen atoms in total. The van der Waals surface area contributed by atoms with Gasteiger partial charge in [-0.3, -0.25) is 4.79 Å². The van der Waals surface area contributed by atoms with Crippen molar-refractivity contribution in [1.29, 1.82) is 0 Å². The predicted molar refractivity (Wildman–Crippen MR) is 70.0 cm³/mol. The molecule has 1 aliphatic rings. The Morgan fingerprint density at radius 1 is 1.24 bits per heavy atom. The van der Waals surface area contributed by atoms with Gasteiger partial charge in [-0.25, -0.2) is 0 Å². The Morgan fingerprint density at radius 2 is 1.94 bits per heavy atom. The fraction of sp³-hybridized carbons (Fsp3) is 0.500. The maximum Gasteiger partial charge on any atom is 0.253 e. The molecular formula is C14H20N2O. The van der Waals surface area contributed by atoms with E-state index >= 15 is 0 Å². The normalized spacial score (nSPS) is 15.9. The second-order valence-electron chi connectivity index (χ2n) is 4.67.